The molecule has 5 heteroatoms. The van der Waals surface area contributed by atoms with Crippen molar-refractivity contribution >= 4 is 22.4 Å². The number of carbonyl (C=O) groups excluding carboxylic acids is 1. The molecule has 0 aliphatic carbocycles. The average molecular weight is 374 g/mol. The van der Waals surface area contributed by atoms with Gasteiger partial charge in [0, 0.05) is 28.9 Å². The van der Waals surface area contributed by atoms with Crippen molar-refractivity contribution in [2.45, 2.75) is 6.04 Å². The Morgan fingerprint density at radius 2 is 1.82 bits per heavy atom. The number of nitrogens with one attached hydrogen (secondary N) is 2. The number of carbonyl (C=O) groups is 1. The number of Topliss-reactive ketones (excluding diaryl/α,β-unsaturated/α-hetero) is 1. The molecule has 28 heavy (non-hydrogen) atoms. The Balaban J connectivity index is 1.76. The van der Waals surface area contributed by atoms with E-state index in [1.54, 1.807) is 25.4 Å². The molecule has 0 aliphatic rings. The Morgan fingerprint density at radius 1 is 1.04 bits per heavy atom. The zero-order valence-corrected chi connectivity index (χ0v) is 15.3. The molecule has 4 aromatic rings. The van der Waals surface area contributed by atoms with E-state index in [9.17, 15) is 9.18 Å². The van der Waals surface area contributed by atoms with E-state index < -0.39 is 6.04 Å². The van der Waals surface area contributed by atoms with Crippen molar-refractivity contribution in [2.75, 3.05) is 12.4 Å². The summed E-state index contributed by atoms with van der Waals surface area (Å²) in [6.07, 6.45) is 1.57. The van der Waals surface area contributed by atoms with Crippen LogP contribution in [0.4, 0.5) is 10.1 Å². The second-order valence-corrected chi connectivity index (χ2v) is 6.45. The van der Waals surface area contributed by atoms with E-state index in [4.69, 9.17) is 4.74 Å². The fraction of sp³-hybridized carbons (Fsp3) is 0.0870. The number of para-hydroxylation sites is 1. The highest BCUT2D eigenvalue weighted by molar-refractivity contribution is 6.11. The number of H-pyrrole nitrogens is 1. The summed E-state index contributed by atoms with van der Waals surface area (Å²) in [5, 5.41) is 3.87. The number of rotatable bonds is 6. The number of hydrogen-bond donors (Lipinski definition) is 2. The van der Waals surface area contributed by atoms with Crippen molar-refractivity contribution in [3.8, 4) is 5.75 Å². The van der Waals surface area contributed by atoms with Crippen LogP contribution in [-0.4, -0.2) is 17.9 Å². The highest BCUT2D eigenvalue weighted by atomic mass is 19.1. The highest BCUT2D eigenvalue weighted by Crippen LogP contribution is 2.29. The molecule has 140 valence electrons. The molecule has 1 atom stereocenters. The van der Waals surface area contributed by atoms with Crippen molar-refractivity contribution in [3.05, 3.63) is 95.9 Å². The summed E-state index contributed by atoms with van der Waals surface area (Å²) >= 11 is 0. The Hall–Kier alpha value is -3.60. The van der Waals surface area contributed by atoms with Gasteiger partial charge in [-0.2, -0.15) is 0 Å². The van der Waals surface area contributed by atoms with Crippen LogP contribution in [0, 0.1) is 5.82 Å². The van der Waals surface area contributed by atoms with Gasteiger partial charge in [-0.05, 0) is 23.8 Å². The quantitative estimate of drug-likeness (QED) is 0.447. The first-order chi connectivity index (χ1) is 13.7. The summed E-state index contributed by atoms with van der Waals surface area (Å²) in [6.45, 7) is 0. The second-order valence-electron chi connectivity index (χ2n) is 6.45. The van der Waals surface area contributed by atoms with Gasteiger partial charge in [0.05, 0.1) is 12.6 Å². The van der Waals surface area contributed by atoms with Crippen LogP contribution in [0.3, 0.4) is 0 Å². The third kappa shape index (κ3) is 3.34. The van der Waals surface area contributed by atoms with Crippen LogP contribution in [0.25, 0.3) is 10.9 Å². The monoisotopic (exact) mass is 374 g/mol. The maximum absolute atomic E-state index is 14.0. The molecule has 0 bridgehead atoms. The number of benzene rings is 3. The Morgan fingerprint density at radius 3 is 2.61 bits per heavy atom. The molecule has 0 aliphatic heterocycles. The SMILES string of the molecule is COc1cccc(NC(C(=O)c2c[nH]c3c(F)cccc23)c2ccccc2)c1. The number of halogens is 1. The molecule has 0 saturated heterocycles. The average Bonchev–Trinajstić information content (AvgIpc) is 3.18. The lowest BCUT2D eigenvalue weighted by molar-refractivity contribution is 0.0971. The van der Waals surface area contributed by atoms with E-state index in [-0.39, 0.29) is 11.6 Å². The first kappa shape index (κ1) is 17.8. The predicted octanol–water partition coefficient (Wildman–Crippen LogP) is 5.35. The first-order valence-corrected chi connectivity index (χ1v) is 8.92. The molecule has 3 aromatic carbocycles. The molecule has 0 saturated carbocycles. The maximum atomic E-state index is 14.0. The summed E-state index contributed by atoms with van der Waals surface area (Å²) < 4.78 is 19.3. The summed E-state index contributed by atoms with van der Waals surface area (Å²) in [7, 11) is 1.60. The minimum Gasteiger partial charge on any atom is -0.497 e. The van der Waals surface area contributed by atoms with E-state index in [1.807, 2.05) is 54.6 Å². The van der Waals surface area contributed by atoms with Crippen molar-refractivity contribution in [3.63, 3.8) is 0 Å². The molecule has 4 nitrogen and oxygen atoms in total. The van der Waals surface area contributed by atoms with E-state index in [0.29, 0.717) is 22.2 Å². The van der Waals surface area contributed by atoms with Gasteiger partial charge in [0.1, 0.15) is 17.6 Å². The summed E-state index contributed by atoms with van der Waals surface area (Å²) in [5.74, 6) is 0.165. The minimum atomic E-state index is -0.629. The van der Waals surface area contributed by atoms with Crippen molar-refractivity contribution in [1.29, 1.82) is 0 Å². The van der Waals surface area contributed by atoms with Gasteiger partial charge in [0.2, 0.25) is 0 Å². The fourth-order valence-corrected chi connectivity index (χ4v) is 3.30. The highest BCUT2D eigenvalue weighted by Gasteiger charge is 2.25. The summed E-state index contributed by atoms with van der Waals surface area (Å²) in [6, 6.07) is 21.0. The molecule has 0 fully saturated rings. The lowest BCUT2D eigenvalue weighted by atomic mass is 9.96. The van der Waals surface area contributed by atoms with E-state index in [1.165, 1.54) is 6.07 Å². The number of anilines is 1. The zero-order chi connectivity index (χ0) is 19.5. The van der Waals surface area contributed by atoms with Gasteiger partial charge in [-0.15, -0.1) is 0 Å². The van der Waals surface area contributed by atoms with Crippen molar-refractivity contribution in [1.82, 2.24) is 4.98 Å². The van der Waals surface area contributed by atoms with Gasteiger partial charge in [0.25, 0.3) is 0 Å². The number of aromatic amines is 1. The van der Waals surface area contributed by atoms with Crippen LogP contribution in [0.1, 0.15) is 22.0 Å². The molecule has 1 aromatic heterocycles. The molecular formula is C23H19FN2O2. The Kier molecular flexibility index (Phi) is 4.81. The van der Waals surface area contributed by atoms with Crippen LogP contribution in [0.15, 0.2) is 79.0 Å². The molecule has 2 N–H and O–H groups in total. The van der Waals surface area contributed by atoms with Gasteiger partial charge in [-0.1, -0.05) is 48.5 Å². The van der Waals surface area contributed by atoms with Gasteiger partial charge in [-0.25, -0.2) is 4.39 Å². The molecule has 1 heterocycles. The summed E-state index contributed by atoms with van der Waals surface area (Å²) in [4.78, 5) is 16.3. The molecular weight excluding hydrogens is 355 g/mol. The molecule has 0 spiro atoms. The fourth-order valence-electron chi connectivity index (χ4n) is 3.30. The van der Waals surface area contributed by atoms with Gasteiger partial charge in [0.15, 0.2) is 5.78 Å². The zero-order valence-electron chi connectivity index (χ0n) is 15.3. The lowest BCUT2D eigenvalue weighted by Crippen LogP contribution is -2.21. The smallest absolute Gasteiger partial charge is 0.191 e. The topological polar surface area (TPSA) is 54.1 Å². The second kappa shape index (κ2) is 7.56. The standard InChI is InChI=1S/C23H19FN2O2/c1-28-17-10-5-9-16(13-17)26-21(15-7-3-2-4-8-15)23(27)19-14-25-22-18(19)11-6-12-20(22)24/h2-14,21,25-26H,1H3. The Labute approximate surface area is 162 Å². The molecule has 1 unspecified atom stereocenters. The summed E-state index contributed by atoms with van der Waals surface area (Å²) in [5.41, 5.74) is 2.35. The van der Waals surface area contributed by atoms with Crippen LogP contribution < -0.4 is 10.1 Å². The minimum absolute atomic E-state index is 0.147. The van der Waals surface area contributed by atoms with E-state index >= 15 is 0 Å². The van der Waals surface area contributed by atoms with Crippen LogP contribution in [-0.2, 0) is 0 Å². The van der Waals surface area contributed by atoms with Crippen LogP contribution in [0.2, 0.25) is 0 Å². The number of ether oxygens (including phenoxy) is 1. The van der Waals surface area contributed by atoms with Gasteiger partial charge in [-0.3, -0.25) is 4.79 Å². The molecule has 4 rings (SSSR count). The lowest BCUT2D eigenvalue weighted by Gasteiger charge is -2.19. The van der Waals surface area contributed by atoms with Crippen molar-refractivity contribution in [2.24, 2.45) is 0 Å². The number of hydrogen-bond acceptors (Lipinski definition) is 3. The van der Waals surface area contributed by atoms with Crippen molar-refractivity contribution < 1.29 is 13.9 Å². The number of aromatic nitrogens is 1. The van der Waals surface area contributed by atoms with Crippen LogP contribution >= 0.6 is 0 Å². The molecule has 0 radical (unpaired) electrons. The largest absolute Gasteiger partial charge is 0.497 e. The number of fused-ring (bicyclic) bond motifs is 1. The molecule has 0 amide bonds. The van der Waals surface area contributed by atoms with E-state index in [0.717, 1.165) is 11.3 Å². The van der Waals surface area contributed by atoms with E-state index in [2.05, 4.69) is 10.3 Å². The van der Waals surface area contributed by atoms with Gasteiger partial charge < -0.3 is 15.0 Å². The number of methoxy groups -OCH3 is 1. The predicted molar refractivity (Wildman–Crippen MR) is 108 cm³/mol. The van der Waals surface area contributed by atoms with Gasteiger partial charge >= 0.3 is 0 Å². The Bertz CT molecular complexity index is 1120. The third-order valence-corrected chi connectivity index (χ3v) is 4.71. The number of ketones is 1. The third-order valence-electron chi connectivity index (χ3n) is 4.71. The van der Waals surface area contributed by atoms with Crippen LogP contribution in [0.5, 0.6) is 5.75 Å². The first-order valence-electron chi connectivity index (χ1n) is 8.92. The normalized spacial score (nSPS) is 11.9. The maximum Gasteiger partial charge on any atom is 0.191 e.